The molecule has 96 heavy (non-hydrogen) atoms. The first-order valence-electron chi connectivity index (χ1n) is 32.7. The number of methoxy groups -OCH3 is 4. The van der Waals surface area contributed by atoms with Crippen LogP contribution in [-0.2, 0) is 81.4 Å². The number of carbonyl (C=O) groups excluding carboxylic acids is 4. The van der Waals surface area contributed by atoms with Crippen LogP contribution in [-0.4, -0.2) is 198 Å². The van der Waals surface area contributed by atoms with Crippen molar-refractivity contribution in [2.45, 2.75) is 84.1 Å². The van der Waals surface area contributed by atoms with Crippen LogP contribution in [0, 0.1) is 0 Å². The summed E-state index contributed by atoms with van der Waals surface area (Å²) < 4.78 is 55.5. The number of allylic oxidation sites excluding steroid dienone is 4. The summed E-state index contributed by atoms with van der Waals surface area (Å²) in [5, 5.41) is 3.23. The Morgan fingerprint density at radius 3 is 1.22 bits per heavy atom. The van der Waals surface area contributed by atoms with E-state index in [1.165, 1.54) is 45.1 Å². The molecule has 514 valence electrons. The molecule has 0 bridgehead atoms. The van der Waals surface area contributed by atoms with Gasteiger partial charge in [-0.3, -0.25) is 14.7 Å². The van der Waals surface area contributed by atoms with Crippen molar-refractivity contribution in [3.05, 3.63) is 184 Å². The fourth-order valence-corrected chi connectivity index (χ4v) is 13.0. The van der Waals surface area contributed by atoms with Gasteiger partial charge in [0.2, 0.25) is 0 Å². The molecule has 4 aromatic carbocycles. The highest BCUT2D eigenvalue weighted by Gasteiger charge is 2.50. The molecule has 1 aliphatic carbocycles. The molecule has 0 spiro atoms. The molecule has 0 unspecified atom stereocenters. The minimum atomic E-state index is -0.310. The number of carbonyl (C=O) groups is 4. The molecular formula is C74H93BBr2N6O13. The Kier molecular flexibility index (Phi) is 28.1. The molecule has 0 saturated carbocycles. The molecule has 0 atom stereocenters. The van der Waals surface area contributed by atoms with Crippen LogP contribution in [0.1, 0.15) is 91.4 Å². The Bertz CT molecular complexity index is 3710. The van der Waals surface area contributed by atoms with Crippen molar-refractivity contribution in [2.24, 2.45) is 0 Å². The number of ether oxygens (including phenoxy) is 7. The number of hydrogen-bond donors (Lipinski definition) is 0. The van der Waals surface area contributed by atoms with Crippen LogP contribution in [0.25, 0.3) is 37.2 Å². The third kappa shape index (κ3) is 19.7. The molecule has 3 aromatic heterocycles. The lowest BCUT2D eigenvalue weighted by Crippen LogP contribution is -2.41. The van der Waals surface area contributed by atoms with E-state index in [1.807, 2.05) is 85.0 Å². The Hall–Kier alpha value is -6.96. The van der Waals surface area contributed by atoms with Gasteiger partial charge in [-0.05, 0) is 152 Å². The van der Waals surface area contributed by atoms with E-state index in [9.17, 15) is 19.2 Å². The van der Waals surface area contributed by atoms with E-state index in [4.69, 9.17) is 37.7 Å². The van der Waals surface area contributed by atoms with E-state index in [1.54, 1.807) is 6.07 Å². The summed E-state index contributed by atoms with van der Waals surface area (Å²) in [6, 6.07) is 22.8. The van der Waals surface area contributed by atoms with Crippen molar-refractivity contribution < 1.29 is 61.6 Å². The first kappa shape index (κ1) is 74.8. The number of halogens is 2. The summed E-state index contributed by atoms with van der Waals surface area (Å²) in [6.45, 7) is 36.2. The molecule has 0 radical (unpaired) electrons. The van der Waals surface area contributed by atoms with Crippen LogP contribution in [0.5, 0.6) is 0 Å². The van der Waals surface area contributed by atoms with Crippen molar-refractivity contribution in [1.29, 1.82) is 0 Å². The average Bonchev–Trinajstić information content (AvgIpc) is 1.67. The second-order valence-corrected chi connectivity index (χ2v) is 26.4. The third-order valence-electron chi connectivity index (χ3n) is 18.0. The normalized spacial score (nSPS) is 16.6. The highest BCUT2D eigenvalue weighted by Crippen LogP contribution is 2.38. The predicted molar refractivity (Wildman–Crippen MR) is 387 cm³/mol. The maximum absolute atomic E-state index is 11.8. The Morgan fingerprint density at radius 2 is 0.844 bits per heavy atom. The number of hydrogen-bond acceptors (Lipinski definition) is 16. The van der Waals surface area contributed by atoms with Crippen LogP contribution in [0.15, 0.2) is 140 Å². The molecule has 4 fully saturated rings. The Morgan fingerprint density at radius 1 is 0.490 bits per heavy atom. The summed E-state index contributed by atoms with van der Waals surface area (Å²) in [5.41, 5.74) is 10.0. The number of rotatable bonds is 19. The van der Waals surface area contributed by atoms with Crippen molar-refractivity contribution in [3.63, 3.8) is 0 Å². The van der Waals surface area contributed by atoms with Crippen LogP contribution in [0.3, 0.4) is 0 Å². The number of benzene rings is 4. The van der Waals surface area contributed by atoms with Crippen molar-refractivity contribution >= 4 is 100 Å². The minimum Gasteiger partial charge on any atom is -0.465 e. The molecule has 5 aliphatic rings. The average molecular weight is 1450 g/mol. The smallest absolute Gasteiger partial charge is 0.461 e. The lowest BCUT2D eigenvalue weighted by molar-refractivity contribution is 0.00578. The van der Waals surface area contributed by atoms with Crippen molar-refractivity contribution in [1.82, 2.24) is 28.4 Å². The number of morpholine rings is 3. The summed E-state index contributed by atoms with van der Waals surface area (Å²) in [6.07, 6.45) is 17.4. The van der Waals surface area contributed by atoms with Gasteiger partial charge in [0, 0.05) is 145 Å². The van der Waals surface area contributed by atoms with Gasteiger partial charge in [-0.25, -0.2) is 19.2 Å². The molecule has 4 aliphatic heterocycles. The topological polar surface area (TPSA) is 176 Å². The van der Waals surface area contributed by atoms with Crippen LogP contribution >= 0.6 is 31.9 Å². The molecule has 7 heterocycles. The van der Waals surface area contributed by atoms with Crippen LogP contribution < -0.4 is 0 Å². The molecule has 0 amide bonds. The van der Waals surface area contributed by atoms with Gasteiger partial charge in [0.1, 0.15) is 0 Å². The Labute approximate surface area is 582 Å². The predicted octanol–water partition coefficient (Wildman–Crippen LogP) is 12.5. The monoisotopic (exact) mass is 1440 g/mol. The van der Waals surface area contributed by atoms with E-state index < -0.39 is 0 Å². The highest BCUT2D eigenvalue weighted by atomic mass is 79.9. The highest BCUT2D eigenvalue weighted by molar-refractivity contribution is 9.15. The SMILES string of the molecule is C=CCB1OC(C)(C)C(C)(C)O1.C=CCc1cn(CCN2CCOCC2)c2ccc(C(=O)OC)cc12.C=CCc1cn(CCN2CCOCC2)c2ccc(C(=O)OC)cc12.COC(=O)c1ccc2c(c1)C(Br)=CC2.COC(=O)c1ccc2c(c1)c(Br)cn2CCN1CCOCC1. The van der Waals surface area contributed by atoms with Gasteiger partial charge in [0.25, 0.3) is 0 Å². The second kappa shape index (κ2) is 36.0. The molecule has 22 heteroatoms. The Balaban J connectivity index is 0.000000157. The van der Waals surface area contributed by atoms with Crippen molar-refractivity contribution in [2.75, 3.05) is 127 Å². The molecule has 0 N–H and O–H groups in total. The summed E-state index contributed by atoms with van der Waals surface area (Å²) in [5.74, 6) is -1.21. The van der Waals surface area contributed by atoms with E-state index in [2.05, 4.69) is 137 Å². The maximum Gasteiger partial charge on any atom is 0.461 e. The van der Waals surface area contributed by atoms with Gasteiger partial charge < -0.3 is 56.2 Å². The van der Waals surface area contributed by atoms with Crippen LogP contribution in [0.2, 0.25) is 6.32 Å². The van der Waals surface area contributed by atoms with Crippen LogP contribution in [0.4, 0.5) is 0 Å². The number of nitrogens with zero attached hydrogens (tertiary/aromatic N) is 6. The maximum atomic E-state index is 11.8. The first-order valence-corrected chi connectivity index (χ1v) is 34.3. The quantitative estimate of drug-likeness (QED) is 0.0323. The molecular weight excluding hydrogens is 1350 g/mol. The number of aromatic nitrogens is 3. The summed E-state index contributed by atoms with van der Waals surface area (Å²) in [7, 11) is 5.48. The van der Waals surface area contributed by atoms with Gasteiger partial charge in [-0.1, -0.05) is 46.3 Å². The van der Waals surface area contributed by atoms with Crippen molar-refractivity contribution in [3.8, 4) is 0 Å². The zero-order valence-electron chi connectivity index (χ0n) is 57.0. The zero-order valence-corrected chi connectivity index (χ0v) is 60.1. The number of esters is 4. The van der Waals surface area contributed by atoms with Gasteiger partial charge in [0.05, 0.1) is 102 Å². The van der Waals surface area contributed by atoms with Gasteiger partial charge in [-0.2, -0.15) is 0 Å². The lowest BCUT2D eigenvalue weighted by atomic mass is 9.85. The third-order valence-corrected chi connectivity index (χ3v) is 19.4. The first-order chi connectivity index (χ1) is 46.2. The molecule has 7 aromatic rings. The fourth-order valence-electron chi connectivity index (χ4n) is 11.9. The fraction of sp³-hybridized carbons (Fsp3) is 0.432. The lowest BCUT2D eigenvalue weighted by Gasteiger charge is -2.32. The molecule has 19 nitrogen and oxygen atoms in total. The van der Waals surface area contributed by atoms with E-state index in [0.29, 0.717) is 22.3 Å². The van der Waals surface area contributed by atoms with Gasteiger partial charge in [-0.15, -0.1) is 19.7 Å². The molecule has 4 saturated heterocycles. The standard InChI is InChI=1S/2C19H24N2O3.C16H19BrN2O3.C11H9BrO2.C9H17BO2/c2*1-3-4-16-14-21(8-7-20-9-11-24-12-10-20)18-6-5-15(13-17(16)18)19(22)23-2;1-21-16(20)12-2-3-15-13(10-12)14(17)11-19(15)5-4-18-6-8-22-9-7-18;1-14-11(13)8-3-2-7-4-5-10(12)9(7)6-8;1-6-7-10-11-8(2,3)9(4,5)12-10/h2*3,5-6,13-14H,1,4,7-12H2,2H3;2-3,10-11H,4-9H2,1H3;2-3,5-6H,4H2,1H3;6H,1,7H2,2-5H3. The van der Waals surface area contributed by atoms with Gasteiger partial charge >= 0.3 is 31.0 Å². The minimum absolute atomic E-state index is 0.118. The van der Waals surface area contributed by atoms with E-state index in [-0.39, 0.29) is 42.2 Å². The zero-order chi connectivity index (χ0) is 68.9. The number of fused-ring (bicyclic) bond motifs is 4. The van der Waals surface area contributed by atoms with Gasteiger partial charge in [0.15, 0.2) is 0 Å². The van der Waals surface area contributed by atoms with E-state index >= 15 is 0 Å². The largest absolute Gasteiger partial charge is 0.465 e. The summed E-state index contributed by atoms with van der Waals surface area (Å²) >= 11 is 7.03. The second-order valence-electron chi connectivity index (χ2n) is 24.7. The summed E-state index contributed by atoms with van der Waals surface area (Å²) in [4.78, 5) is 53.8. The molecule has 12 rings (SSSR count). The van der Waals surface area contributed by atoms with E-state index in [0.717, 1.165) is 191 Å².